The third kappa shape index (κ3) is 5.43. The van der Waals surface area contributed by atoms with Crippen LogP contribution < -0.4 is 9.64 Å². The van der Waals surface area contributed by atoms with E-state index in [2.05, 4.69) is 0 Å². The topological polar surface area (TPSA) is 96.4 Å². The standard InChI is InChI=1S/C26H36N2O6/c1-16(2)15-27-23(31)9-6-8-22(34-18(5)30)25-24(27)20-14-19(33-13-7-12-29)10-11-21(20)28(25)26(32)17(3)4/h6,9-11,14,16-17,22,24-25,29H,7-8,12-13,15H2,1-5H3/b9-6-/t22?,24-,25+/m0/s1. The molecule has 186 valence electrons. The zero-order valence-corrected chi connectivity index (χ0v) is 20.7. The molecule has 0 bridgehead atoms. The first kappa shape index (κ1) is 25.7. The molecular formula is C26H36N2O6. The predicted octanol–water partition coefficient (Wildman–Crippen LogP) is 3.24. The first-order valence-corrected chi connectivity index (χ1v) is 12.0. The van der Waals surface area contributed by atoms with E-state index in [-0.39, 0.29) is 30.3 Å². The Balaban J connectivity index is 2.20. The van der Waals surface area contributed by atoms with E-state index in [9.17, 15) is 14.4 Å². The van der Waals surface area contributed by atoms with Crippen LogP contribution in [0.2, 0.25) is 0 Å². The molecule has 2 amide bonds. The molecule has 8 nitrogen and oxygen atoms in total. The lowest BCUT2D eigenvalue weighted by molar-refractivity contribution is -0.149. The summed E-state index contributed by atoms with van der Waals surface area (Å²) in [7, 11) is 0. The maximum atomic E-state index is 13.5. The Bertz CT molecular complexity index is 941. The molecule has 34 heavy (non-hydrogen) atoms. The lowest BCUT2D eigenvalue weighted by Gasteiger charge is -2.41. The number of esters is 1. The number of aliphatic hydroxyl groups excluding tert-OH is 1. The second-order valence-corrected chi connectivity index (χ2v) is 9.62. The van der Waals surface area contributed by atoms with Crippen molar-refractivity contribution in [1.82, 2.24) is 4.90 Å². The van der Waals surface area contributed by atoms with Crippen LogP contribution in [0.4, 0.5) is 5.69 Å². The fourth-order valence-electron chi connectivity index (χ4n) is 4.69. The lowest BCUT2D eigenvalue weighted by atomic mass is 9.92. The average Bonchev–Trinajstić information content (AvgIpc) is 3.08. The first-order valence-electron chi connectivity index (χ1n) is 12.0. The van der Waals surface area contributed by atoms with Gasteiger partial charge >= 0.3 is 5.97 Å². The van der Waals surface area contributed by atoms with E-state index in [0.717, 1.165) is 5.56 Å². The van der Waals surface area contributed by atoms with E-state index in [1.54, 1.807) is 21.9 Å². The molecule has 1 N–H and O–H groups in total. The molecule has 2 aliphatic heterocycles. The van der Waals surface area contributed by atoms with Gasteiger partial charge in [0.05, 0.1) is 18.7 Å². The van der Waals surface area contributed by atoms with Gasteiger partial charge in [-0.25, -0.2) is 0 Å². The van der Waals surface area contributed by atoms with Crippen molar-refractivity contribution in [2.45, 2.75) is 65.6 Å². The van der Waals surface area contributed by atoms with Crippen molar-refractivity contribution in [3.63, 3.8) is 0 Å². The molecule has 0 aliphatic carbocycles. The van der Waals surface area contributed by atoms with Gasteiger partial charge in [0.25, 0.3) is 0 Å². The lowest BCUT2D eigenvalue weighted by Crippen LogP contribution is -2.54. The van der Waals surface area contributed by atoms with Crippen LogP contribution in [0.3, 0.4) is 0 Å². The number of ether oxygens (including phenoxy) is 2. The zero-order chi connectivity index (χ0) is 25.0. The quantitative estimate of drug-likeness (QED) is 0.461. The number of fused-ring (bicyclic) bond motifs is 3. The number of benzene rings is 1. The number of rotatable bonds is 8. The van der Waals surface area contributed by atoms with Gasteiger partial charge in [0, 0.05) is 50.1 Å². The first-order chi connectivity index (χ1) is 16.1. The predicted molar refractivity (Wildman–Crippen MR) is 128 cm³/mol. The van der Waals surface area contributed by atoms with Crippen molar-refractivity contribution in [3.05, 3.63) is 35.9 Å². The van der Waals surface area contributed by atoms with Gasteiger partial charge in [-0.15, -0.1) is 0 Å². The van der Waals surface area contributed by atoms with Gasteiger partial charge in [0.1, 0.15) is 11.9 Å². The van der Waals surface area contributed by atoms with Crippen LogP contribution in [-0.2, 0) is 19.1 Å². The van der Waals surface area contributed by atoms with E-state index in [1.807, 2.05) is 39.8 Å². The monoisotopic (exact) mass is 472 g/mol. The Morgan fingerprint density at radius 3 is 2.56 bits per heavy atom. The summed E-state index contributed by atoms with van der Waals surface area (Å²) in [6, 6.07) is 4.45. The third-order valence-corrected chi connectivity index (χ3v) is 6.01. The Kier molecular flexibility index (Phi) is 8.36. The average molecular weight is 473 g/mol. The summed E-state index contributed by atoms with van der Waals surface area (Å²) in [5.74, 6) is -0.168. The van der Waals surface area contributed by atoms with Gasteiger partial charge in [-0.05, 0) is 30.2 Å². The number of anilines is 1. The highest BCUT2D eigenvalue weighted by Gasteiger charge is 2.51. The van der Waals surface area contributed by atoms with Crippen LogP contribution >= 0.6 is 0 Å². The molecule has 3 atom stereocenters. The van der Waals surface area contributed by atoms with Gasteiger partial charge in [0.15, 0.2) is 0 Å². The normalized spacial score (nSPS) is 22.8. The van der Waals surface area contributed by atoms with E-state index in [4.69, 9.17) is 14.6 Å². The van der Waals surface area contributed by atoms with Crippen LogP contribution in [0.25, 0.3) is 0 Å². The molecule has 8 heteroatoms. The summed E-state index contributed by atoms with van der Waals surface area (Å²) < 4.78 is 11.6. The third-order valence-electron chi connectivity index (χ3n) is 6.01. The number of aliphatic hydroxyl groups is 1. The van der Waals surface area contributed by atoms with Crippen molar-refractivity contribution in [2.75, 3.05) is 24.7 Å². The second-order valence-electron chi connectivity index (χ2n) is 9.62. The highest BCUT2D eigenvalue weighted by atomic mass is 16.5. The highest BCUT2D eigenvalue weighted by Crippen LogP contribution is 2.48. The maximum absolute atomic E-state index is 13.5. The fourth-order valence-corrected chi connectivity index (χ4v) is 4.69. The van der Waals surface area contributed by atoms with Crippen molar-refractivity contribution in [1.29, 1.82) is 0 Å². The van der Waals surface area contributed by atoms with Crippen molar-refractivity contribution < 1.29 is 29.0 Å². The number of carbonyl (C=O) groups is 3. The van der Waals surface area contributed by atoms with Gasteiger partial charge in [-0.3, -0.25) is 14.4 Å². The smallest absolute Gasteiger partial charge is 0.302 e. The Morgan fingerprint density at radius 2 is 1.94 bits per heavy atom. The van der Waals surface area contributed by atoms with Gasteiger partial charge in [-0.1, -0.05) is 33.8 Å². The van der Waals surface area contributed by atoms with Crippen LogP contribution in [-0.4, -0.2) is 59.7 Å². The van der Waals surface area contributed by atoms with Crippen molar-refractivity contribution in [2.24, 2.45) is 11.8 Å². The van der Waals surface area contributed by atoms with Crippen molar-refractivity contribution in [3.8, 4) is 5.75 Å². The molecule has 2 aliphatic rings. The Labute approximate surface area is 201 Å². The molecule has 3 rings (SSSR count). The van der Waals surface area contributed by atoms with Gasteiger partial charge in [0.2, 0.25) is 11.8 Å². The summed E-state index contributed by atoms with van der Waals surface area (Å²) >= 11 is 0. The van der Waals surface area contributed by atoms with E-state index < -0.39 is 24.2 Å². The van der Waals surface area contributed by atoms with Crippen LogP contribution in [0.15, 0.2) is 30.4 Å². The molecule has 0 saturated heterocycles. The van der Waals surface area contributed by atoms with E-state index in [1.165, 1.54) is 13.0 Å². The minimum Gasteiger partial charge on any atom is -0.493 e. The highest BCUT2D eigenvalue weighted by molar-refractivity contribution is 5.99. The molecule has 0 fully saturated rings. The number of nitrogens with zero attached hydrogens (tertiary/aromatic N) is 2. The molecule has 2 heterocycles. The summed E-state index contributed by atoms with van der Waals surface area (Å²) in [5.41, 5.74) is 1.49. The SMILES string of the molecule is CC(=O)OC1C/C=C\C(=O)N(CC(C)C)[C@H]2c3cc(OCCCO)ccc3N(C(=O)C(C)C)[C@H]12. The van der Waals surface area contributed by atoms with E-state index in [0.29, 0.717) is 37.4 Å². The fraction of sp³-hybridized carbons (Fsp3) is 0.577. The number of hydrogen-bond acceptors (Lipinski definition) is 6. The number of carbonyl (C=O) groups excluding carboxylic acids is 3. The summed E-state index contributed by atoms with van der Waals surface area (Å²) in [6.07, 6.45) is 3.47. The van der Waals surface area contributed by atoms with Crippen molar-refractivity contribution >= 4 is 23.5 Å². The van der Waals surface area contributed by atoms with Crippen LogP contribution in [0, 0.1) is 11.8 Å². The van der Waals surface area contributed by atoms with E-state index >= 15 is 0 Å². The summed E-state index contributed by atoms with van der Waals surface area (Å²) in [6.45, 7) is 9.97. The van der Waals surface area contributed by atoms with Crippen LogP contribution in [0.1, 0.15) is 59.1 Å². The Hall–Kier alpha value is -2.87. The van der Waals surface area contributed by atoms with Crippen LogP contribution in [0.5, 0.6) is 5.75 Å². The molecule has 1 aromatic rings. The van der Waals surface area contributed by atoms with Gasteiger partial charge in [-0.2, -0.15) is 0 Å². The summed E-state index contributed by atoms with van der Waals surface area (Å²) in [5, 5.41) is 9.09. The second kappa shape index (κ2) is 11.0. The zero-order valence-electron chi connectivity index (χ0n) is 20.7. The molecular weight excluding hydrogens is 436 g/mol. The minimum absolute atomic E-state index is 0.0272. The maximum Gasteiger partial charge on any atom is 0.302 e. The molecule has 0 radical (unpaired) electrons. The molecule has 1 unspecified atom stereocenters. The molecule has 0 spiro atoms. The van der Waals surface area contributed by atoms with Gasteiger partial charge < -0.3 is 24.4 Å². The number of hydrogen-bond donors (Lipinski definition) is 1. The summed E-state index contributed by atoms with van der Waals surface area (Å²) in [4.78, 5) is 42.3. The Morgan fingerprint density at radius 1 is 1.21 bits per heavy atom. The molecule has 0 aromatic heterocycles. The minimum atomic E-state index is -0.615. The molecule has 0 saturated carbocycles. The number of amides is 2. The largest absolute Gasteiger partial charge is 0.493 e. The molecule has 1 aromatic carbocycles.